The Hall–Kier alpha value is -1.82. The van der Waals surface area contributed by atoms with Crippen molar-refractivity contribution in [3.05, 3.63) is 40.6 Å². The van der Waals surface area contributed by atoms with Gasteiger partial charge in [-0.25, -0.2) is 4.98 Å². The monoisotopic (exact) mass is 278 g/mol. The van der Waals surface area contributed by atoms with E-state index in [4.69, 9.17) is 4.74 Å². The van der Waals surface area contributed by atoms with E-state index in [2.05, 4.69) is 17.6 Å². The van der Waals surface area contributed by atoms with Crippen LogP contribution in [0.4, 0.5) is 5.69 Å². The van der Waals surface area contributed by atoms with Gasteiger partial charge in [-0.05, 0) is 29.9 Å². The number of hydrogen-bond acceptors (Lipinski definition) is 5. The predicted octanol–water partition coefficient (Wildman–Crippen LogP) is 3.09. The van der Waals surface area contributed by atoms with Crippen LogP contribution in [0.15, 0.2) is 30.5 Å². The number of ether oxygens (including phenoxy) is 1. The molecule has 0 aliphatic carbocycles. The largest absolute Gasteiger partial charge is 0.493 e. The van der Waals surface area contributed by atoms with Crippen LogP contribution in [0.3, 0.4) is 0 Å². The molecule has 0 bridgehead atoms. The lowest BCUT2D eigenvalue weighted by Gasteiger charge is -2.12. The van der Waals surface area contributed by atoms with E-state index < -0.39 is 4.92 Å². The lowest BCUT2D eigenvalue weighted by molar-refractivity contribution is -0.383. The zero-order valence-electron chi connectivity index (χ0n) is 10.4. The Morgan fingerprint density at radius 3 is 2.95 bits per heavy atom. The number of hydrogen-bond donors (Lipinski definition) is 1. The molecule has 0 fully saturated rings. The molecule has 5 nitrogen and oxygen atoms in total. The molecule has 0 N–H and O–H groups in total. The van der Waals surface area contributed by atoms with Crippen LogP contribution in [0.1, 0.15) is 6.92 Å². The lowest BCUT2D eigenvalue weighted by Crippen LogP contribution is -2.10. The highest BCUT2D eigenvalue weighted by Crippen LogP contribution is 2.31. The molecule has 0 radical (unpaired) electrons. The molecule has 2 aromatic rings. The third-order valence-corrected chi connectivity index (χ3v) is 3.36. The van der Waals surface area contributed by atoms with Gasteiger partial charge in [-0.3, -0.25) is 10.1 Å². The minimum absolute atomic E-state index is 0.00908. The van der Waals surface area contributed by atoms with Crippen LogP contribution in [0.25, 0.3) is 10.9 Å². The van der Waals surface area contributed by atoms with Crippen LogP contribution >= 0.6 is 12.6 Å². The highest BCUT2D eigenvalue weighted by Gasteiger charge is 2.16. The molecule has 0 saturated carbocycles. The highest BCUT2D eigenvalue weighted by atomic mass is 32.1. The second kappa shape index (κ2) is 5.88. The van der Waals surface area contributed by atoms with Crippen molar-refractivity contribution < 1.29 is 9.66 Å². The van der Waals surface area contributed by atoms with Gasteiger partial charge in [0.05, 0.1) is 11.5 Å². The van der Waals surface area contributed by atoms with Crippen LogP contribution in [-0.4, -0.2) is 22.3 Å². The summed E-state index contributed by atoms with van der Waals surface area (Å²) in [5, 5.41) is 11.6. The molecule has 0 saturated heterocycles. The second-order valence-corrected chi connectivity index (χ2v) is 4.70. The summed E-state index contributed by atoms with van der Waals surface area (Å²) in [7, 11) is 0. The van der Waals surface area contributed by atoms with Crippen LogP contribution in [0.5, 0.6) is 5.75 Å². The number of rotatable bonds is 5. The summed E-state index contributed by atoms with van der Waals surface area (Å²) in [5.74, 6) is 1.65. The Kier molecular flexibility index (Phi) is 4.21. The highest BCUT2D eigenvalue weighted by molar-refractivity contribution is 7.80. The van der Waals surface area contributed by atoms with Gasteiger partial charge in [0, 0.05) is 17.6 Å². The fraction of sp³-hybridized carbons (Fsp3) is 0.308. The van der Waals surface area contributed by atoms with E-state index in [0.29, 0.717) is 29.2 Å². The molecule has 0 amide bonds. The third kappa shape index (κ3) is 2.96. The Labute approximate surface area is 116 Å². The van der Waals surface area contributed by atoms with E-state index in [1.54, 1.807) is 18.2 Å². The first-order chi connectivity index (χ1) is 9.13. The topological polar surface area (TPSA) is 65.3 Å². The zero-order chi connectivity index (χ0) is 13.8. The van der Waals surface area contributed by atoms with Gasteiger partial charge in [0.25, 0.3) is 5.69 Å². The number of fused-ring (bicyclic) bond motifs is 1. The molecule has 0 aliphatic rings. The Morgan fingerprint density at radius 1 is 1.47 bits per heavy atom. The number of benzene rings is 1. The van der Waals surface area contributed by atoms with Crippen molar-refractivity contribution in [1.82, 2.24) is 4.98 Å². The maximum absolute atomic E-state index is 11.0. The maximum atomic E-state index is 11.0. The molecular weight excluding hydrogens is 264 g/mol. The van der Waals surface area contributed by atoms with Crippen molar-refractivity contribution in [3.8, 4) is 5.75 Å². The SMILES string of the molecule is CC(CS)COc1ccc([N+](=O)[O-])c2ncccc12. The number of nitrogens with zero attached hydrogens (tertiary/aromatic N) is 2. The molecule has 19 heavy (non-hydrogen) atoms. The van der Waals surface area contributed by atoms with Crippen molar-refractivity contribution in [2.75, 3.05) is 12.4 Å². The van der Waals surface area contributed by atoms with E-state index in [0.717, 1.165) is 5.75 Å². The van der Waals surface area contributed by atoms with Crippen LogP contribution < -0.4 is 4.74 Å². The summed E-state index contributed by atoms with van der Waals surface area (Å²) in [5.41, 5.74) is 0.341. The summed E-state index contributed by atoms with van der Waals surface area (Å²) in [6.45, 7) is 2.55. The van der Waals surface area contributed by atoms with Gasteiger partial charge in [-0.2, -0.15) is 12.6 Å². The number of thiol groups is 1. The first-order valence-electron chi connectivity index (χ1n) is 5.89. The van der Waals surface area contributed by atoms with E-state index in [1.807, 2.05) is 6.92 Å². The average molecular weight is 278 g/mol. The van der Waals surface area contributed by atoms with Gasteiger partial charge in [-0.15, -0.1) is 0 Å². The first kappa shape index (κ1) is 13.6. The van der Waals surface area contributed by atoms with E-state index >= 15 is 0 Å². The summed E-state index contributed by atoms with van der Waals surface area (Å²) in [6.07, 6.45) is 1.54. The number of non-ortho nitro benzene ring substituents is 1. The Balaban J connectivity index is 2.41. The van der Waals surface area contributed by atoms with Crippen molar-refractivity contribution in [1.29, 1.82) is 0 Å². The number of aromatic nitrogens is 1. The quantitative estimate of drug-likeness (QED) is 0.518. The van der Waals surface area contributed by atoms with E-state index in [9.17, 15) is 10.1 Å². The standard InChI is InChI=1S/C13H14N2O3S/c1-9(8-19)7-18-12-5-4-11(15(16)17)13-10(12)3-2-6-14-13/h2-6,9,19H,7-8H2,1H3. The average Bonchev–Trinajstić information content (AvgIpc) is 2.43. The minimum atomic E-state index is -0.435. The van der Waals surface area contributed by atoms with Gasteiger partial charge in [0.15, 0.2) is 5.52 Å². The fourth-order valence-corrected chi connectivity index (χ4v) is 1.79. The molecule has 100 valence electrons. The van der Waals surface area contributed by atoms with Gasteiger partial charge < -0.3 is 4.74 Å². The van der Waals surface area contributed by atoms with Gasteiger partial charge in [0.1, 0.15) is 5.75 Å². The van der Waals surface area contributed by atoms with Crippen molar-refractivity contribution >= 4 is 29.2 Å². The molecular formula is C13H14N2O3S. The lowest BCUT2D eigenvalue weighted by atomic mass is 10.1. The molecule has 6 heteroatoms. The summed E-state index contributed by atoms with van der Waals surface area (Å²) in [6, 6.07) is 6.56. The molecule has 1 aromatic heterocycles. The molecule has 0 aliphatic heterocycles. The molecule has 1 unspecified atom stereocenters. The van der Waals surface area contributed by atoms with Crippen molar-refractivity contribution in [2.24, 2.45) is 5.92 Å². The van der Waals surface area contributed by atoms with Crippen LogP contribution in [-0.2, 0) is 0 Å². The molecule has 0 spiro atoms. The van der Waals surface area contributed by atoms with Crippen LogP contribution in [0.2, 0.25) is 0 Å². The smallest absolute Gasteiger partial charge is 0.295 e. The zero-order valence-corrected chi connectivity index (χ0v) is 11.3. The van der Waals surface area contributed by atoms with E-state index in [1.165, 1.54) is 12.3 Å². The predicted molar refractivity (Wildman–Crippen MR) is 76.9 cm³/mol. The van der Waals surface area contributed by atoms with E-state index in [-0.39, 0.29) is 5.69 Å². The summed E-state index contributed by atoms with van der Waals surface area (Å²) < 4.78 is 5.70. The van der Waals surface area contributed by atoms with Gasteiger partial charge >= 0.3 is 0 Å². The minimum Gasteiger partial charge on any atom is -0.493 e. The molecule has 1 heterocycles. The fourth-order valence-electron chi connectivity index (χ4n) is 1.69. The second-order valence-electron chi connectivity index (χ2n) is 4.34. The molecule has 2 rings (SSSR count). The Morgan fingerprint density at radius 2 is 2.26 bits per heavy atom. The van der Waals surface area contributed by atoms with Gasteiger partial charge in [-0.1, -0.05) is 6.92 Å². The molecule has 1 aromatic carbocycles. The van der Waals surface area contributed by atoms with Crippen molar-refractivity contribution in [2.45, 2.75) is 6.92 Å². The third-order valence-electron chi connectivity index (χ3n) is 2.74. The number of nitro benzene ring substituents is 1. The molecule has 1 atom stereocenters. The van der Waals surface area contributed by atoms with Crippen molar-refractivity contribution in [3.63, 3.8) is 0 Å². The summed E-state index contributed by atoms with van der Waals surface area (Å²) in [4.78, 5) is 14.6. The number of nitro groups is 1. The Bertz CT molecular complexity index is 603. The number of pyridine rings is 1. The van der Waals surface area contributed by atoms with Gasteiger partial charge in [0.2, 0.25) is 0 Å². The summed E-state index contributed by atoms with van der Waals surface area (Å²) >= 11 is 4.20. The maximum Gasteiger partial charge on any atom is 0.295 e. The first-order valence-corrected chi connectivity index (χ1v) is 6.52. The normalized spacial score (nSPS) is 12.3. The van der Waals surface area contributed by atoms with Crippen LogP contribution in [0, 0.1) is 16.0 Å².